The molecule has 1 aromatic carbocycles. The third-order valence-electron chi connectivity index (χ3n) is 7.43. The third kappa shape index (κ3) is 6.72. The summed E-state index contributed by atoms with van der Waals surface area (Å²) in [5.74, 6) is 6.52. The number of rotatable bonds is 7. The molecule has 4 aromatic heterocycles. The Morgan fingerprint density at radius 1 is 1.12 bits per heavy atom. The molecule has 9 nitrogen and oxygen atoms in total. The number of fused-ring (bicyclic) bond motifs is 1. The largest absolute Gasteiger partial charge is 0.381 e. The molecule has 218 valence electrons. The first-order valence-electron chi connectivity index (χ1n) is 14.1. The van der Waals surface area contributed by atoms with Crippen LogP contribution in [0.3, 0.4) is 0 Å². The van der Waals surface area contributed by atoms with Crippen LogP contribution in [-0.4, -0.2) is 61.8 Å². The summed E-state index contributed by atoms with van der Waals surface area (Å²) in [6.45, 7) is 4.47. The summed E-state index contributed by atoms with van der Waals surface area (Å²) >= 11 is 3.14. The summed E-state index contributed by atoms with van der Waals surface area (Å²) in [4.78, 5) is 36.3. The van der Waals surface area contributed by atoms with Crippen LogP contribution in [0.25, 0.3) is 11.0 Å². The lowest BCUT2D eigenvalue weighted by molar-refractivity contribution is 0.261. The second kappa shape index (κ2) is 13.0. The van der Waals surface area contributed by atoms with Crippen molar-refractivity contribution in [2.75, 3.05) is 37.0 Å². The molecule has 43 heavy (non-hydrogen) atoms. The minimum Gasteiger partial charge on any atom is -0.381 e. The third-order valence-corrected chi connectivity index (χ3v) is 9.03. The number of piperidine rings is 1. The molecule has 1 fully saturated rings. The zero-order valence-electron chi connectivity index (χ0n) is 24.3. The number of nitrogens with one attached hydrogen (secondary N) is 2. The van der Waals surface area contributed by atoms with E-state index in [0.29, 0.717) is 35.4 Å². The van der Waals surface area contributed by atoms with Crippen molar-refractivity contribution in [3.63, 3.8) is 0 Å². The molecule has 1 aliphatic rings. The topological polar surface area (TPSA) is 101 Å². The number of benzene rings is 1. The quantitative estimate of drug-likeness (QED) is 0.187. The van der Waals surface area contributed by atoms with Crippen LogP contribution < -0.4 is 16.2 Å². The normalized spacial score (nSPS) is 15.2. The summed E-state index contributed by atoms with van der Waals surface area (Å²) < 4.78 is 1.66. The number of aromatic nitrogens is 5. The van der Waals surface area contributed by atoms with Crippen LogP contribution in [0.5, 0.6) is 0 Å². The predicted octanol–water partition coefficient (Wildman–Crippen LogP) is 5.37. The number of hydrogen-bond acceptors (Lipinski definition) is 10. The lowest BCUT2D eigenvalue weighted by atomic mass is 10.1. The van der Waals surface area contributed by atoms with Crippen molar-refractivity contribution in [2.24, 2.45) is 0 Å². The molecular formula is C32H32N8OS2. The van der Waals surface area contributed by atoms with Gasteiger partial charge in [0.25, 0.3) is 5.56 Å². The Hall–Kier alpha value is -4.24. The summed E-state index contributed by atoms with van der Waals surface area (Å²) in [6, 6.07) is 12.3. The maximum Gasteiger partial charge on any atom is 0.268 e. The lowest BCUT2D eigenvalue weighted by Gasteiger charge is -2.30. The Morgan fingerprint density at radius 2 is 1.95 bits per heavy atom. The summed E-state index contributed by atoms with van der Waals surface area (Å²) in [6.07, 6.45) is 9.67. The van der Waals surface area contributed by atoms with Gasteiger partial charge >= 0.3 is 0 Å². The van der Waals surface area contributed by atoms with Crippen molar-refractivity contribution in [2.45, 2.75) is 37.2 Å². The van der Waals surface area contributed by atoms with Gasteiger partial charge in [0.15, 0.2) is 0 Å². The Labute approximate surface area is 258 Å². The van der Waals surface area contributed by atoms with Crippen molar-refractivity contribution >= 4 is 51.5 Å². The van der Waals surface area contributed by atoms with Gasteiger partial charge in [0.05, 0.1) is 17.6 Å². The first-order chi connectivity index (χ1) is 21.0. The van der Waals surface area contributed by atoms with E-state index in [0.717, 1.165) is 45.2 Å². The standard InChI is InChI=1S/C32H32N8OS2/c1-21-28(35-20-43-21)11-6-22-15-23-17-34-32(37-26-9-7-25(8-10-26)36-27-5-4-14-39(2)19-27)38-30(23)40(31(22)41)18-24-16-33-13-12-29(24)42-3/h7-10,12-13,15-17,20,27,36H,4-5,14,18-19H2,1-3H3,(H,34,37,38). The van der Waals surface area contributed by atoms with E-state index >= 15 is 0 Å². The number of hydrogen-bond donors (Lipinski definition) is 2. The Bertz CT molecular complexity index is 1870. The van der Waals surface area contributed by atoms with Crippen LogP contribution in [-0.2, 0) is 6.54 Å². The molecule has 0 radical (unpaired) electrons. The van der Waals surface area contributed by atoms with Crippen LogP contribution >= 0.6 is 23.1 Å². The lowest BCUT2D eigenvalue weighted by Crippen LogP contribution is -2.39. The number of likely N-dealkylation sites (N-methyl/N-ethyl adjacent to an activating group) is 1. The van der Waals surface area contributed by atoms with Crippen molar-refractivity contribution in [3.05, 3.63) is 92.6 Å². The summed E-state index contributed by atoms with van der Waals surface area (Å²) in [5.41, 5.74) is 5.97. The monoisotopic (exact) mass is 608 g/mol. The molecule has 6 rings (SSSR count). The zero-order valence-corrected chi connectivity index (χ0v) is 25.9. The minimum atomic E-state index is -0.225. The number of thiazole rings is 1. The highest BCUT2D eigenvalue weighted by Crippen LogP contribution is 2.23. The van der Waals surface area contributed by atoms with Crippen molar-refractivity contribution < 1.29 is 0 Å². The predicted molar refractivity (Wildman–Crippen MR) is 176 cm³/mol. The minimum absolute atomic E-state index is 0.225. The molecule has 0 amide bonds. The molecule has 5 aromatic rings. The number of thioether (sulfide) groups is 1. The first kappa shape index (κ1) is 28.9. The molecule has 1 atom stereocenters. The van der Waals surface area contributed by atoms with E-state index in [1.807, 2.05) is 31.4 Å². The van der Waals surface area contributed by atoms with Crippen LogP contribution in [0.1, 0.15) is 34.5 Å². The molecule has 2 N–H and O–H groups in total. The van der Waals surface area contributed by atoms with Gasteiger partial charge in [0, 0.05) is 63.3 Å². The fourth-order valence-electron chi connectivity index (χ4n) is 5.21. The fraction of sp³-hybridized carbons (Fsp3) is 0.281. The highest BCUT2D eigenvalue weighted by molar-refractivity contribution is 7.98. The van der Waals surface area contributed by atoms with Gasteiger partial charge in [-0.3, -0.25) is 14.3 Å². The molecule has 0 spiro atoms. The van der Waals surface area contributed by atoms with E-state index in [2.05, 4.69) is 61.5 Å². The highest BCUT2D eigenvalue weighted by Gasteiger charge is 2.17. The molecule has 11 heteroatoms. The number of pyridine rings is 2. The highest BCUT2D eigenvalue weighted by atomic mass is 32.2. The Kier molecular flexibility index (Phi) is 8.69. The zero-order chi connectivity index (χ0) is 29.8. The van der Waals surface area contributed by atoms with Gasteiger partial charge in [-0.1, -0.05) is 5.92 Å². The van der Waals surface area contributed by atoms with E-state index < -0.39 is 0 Å². The summed E-state index contributed by atoms with van der Waals surface area (Å²) in [7, 11) is 2.17. The molecule has 0 saturated carbocycles. The SMILES string of the molecule is CSc1ccncc1Cn1c(=O)c(C#Cc2ncsc2C)cc2cnc(Nc3ccc(NC4CCCN(C)C4)cc3)nc21. The maximum absolute atomic E-state index is 13.8. The Balaban J connectivity index is 1.32. The van der Waals surface area contributed by atoms with E-state index in [-0.39, 0.29) is 5.56 Å². The van der Waals surface area contributed by atoms with Gasteiger partial charge in [-0.15, -0.1) is 23.1 Å². The second-order valence-electron chi connectivity index (χ2n) is 10.6. The summed E-state index contributed by atoms with van der Waals surface area (Å²) in [5, 5.41) is 7.67. The molecule has 1 aliphatic heterocycles. The number of nitrogens with zero attached hydrogens (tertiary/aromatic N) is 6. The van der Waals surface area contributed by atoms with Gasteiger partial charge in [0.2, 0.25) is 5.95 Å². The Morgan fingerprint density at radius 3 is 2.72 bits per heavy atom. The number of anilines is 3. The first-order valence-corrected chi connectivity index (χ1v) is 16.2. The van der Waals surface area contributed by atoms with Crippen molar-refractivity contribution in [3.8, 4) is 11.8 Å². The smallest absolute Gasteiger partial charge is 0.268 e. The van der Waals surface area contributed by atoms with Crippen LogP contribution in [0, 0.1) is 18.8 Å². The fourth-order valence-corrected chi connectivity index (χ4v) is 6.32. The van der Waals surface area contributed by atoms with Gasteiger partial charge < -0.3 is 15.5 Å². The average Bonchev–Trinajstić information content (AvgIpc) is 3.43. The van der Waals surface area contributed by atoms with Gasteiger partial charge in [-0.25, -0.2) is 9.97 Å². The number of likely N-dealkylation sites (tertiary alicyclic amines) is 1. The number of aryl methyl sites for hydroxylation is 1. The van der Waals surface area contributed by atoms with Gasteiger partial charge in [0.1, 0.15) is 11.3 Å². The molecular weight excluding hydrogens is 577 g/mol. The van der Waals surface area contributed by atoms with Crippen molar-refractivity contribution in [1.82, 2.24) is 29.4 Å². The average molecular weight is 609 g/mol. The van der Waals surface area contributed by atoms with Gasteiger partial charge in [-0.2, -0.15) is 4.98 Å². The van der Waals surface area contributed by atoms with Gasteiger partial charge in [-0.05, 0) is 81.9 Å². The van der Waals surface area contributed by atoms with E-state index in [1.165, 1.54) is 24.2 Å². The maximum atomic E-state index is 13.8. The molecule has 5 heterocycles. The molecule has 0 bridgehead atoms. The second-order valence-corrected chi connectivity index (χ2v) is 12.5. The van der Waals surface area contributed by atoms with E-state index in [4.69, 9.17) is 4.98 Å². The molecule has 1 unspecified atom stereocenters. The van der Waals surface area contributed by atoms with Crippen molar-refractivity contribution in [1.29, 1.82) is 0 Å². The van der Waals surface area contributed by atoms with Crippen LogP contribution in [0.2, 0.25) is 0 Å². The molecule has 1 saturated heterocycles. The molecule has 0 aliphatic carbocycles. The van der Waals surface area contributed by atoms with Crippen LogP contribution in [0.4, 0.5) is 17.3 Å². The van der Waals surface area contributed by atoms with E-state index in [1.54, 1.807) is 46.5 Å². The van der Waals surface area contributed by atoms with E-state index in [9.17, 15) is 4.79 Å². The van der Waals surface area contributed by atoms with Crippen LogP contribution in [0.15, 0.2) is 70.2 Å².